The van der Waals surface area contributed by atoms with Gasteiger partial charge in [-0.05, 0) is 6.42 Å². The fourth-order valence-corrected chi connectivity index (χ4v) is 0.668. The van der Waals surface area contributed by atoms with Crippen LogP contribution in [0.15, 0.2) is 0 Å². The molecule has 0 aliphatic rings. The molecule has 7 heavy (non-hydrogen) atoms. The summed E-state index contributed by atoms with van der Waals surface area (Å²) in [7, 11) is 0. The Hall–Kier alpha value is 1.48. The molecule has 0 rings (SSSR count). The molecule has 0 bridgehead atoms. The molecular formula is C5H10BrNa. The predicted molar refractivity (Wildman–Crippen MR) is 33.0 cm³/mol. The molecule has 0 aromatic heterocycles. The van der Waals surface area contributed by atoms with Crippen LogP contribution in [-0.2, 0) is 0 Å². The molecule has 0 aromatic rings. The van der Waals surface area contributed by atoms with Gasteiger partial charge < -0.3 is 6.92 Å². The van der Waals surface area contributed by atoms with E-state index in [1.54, 1.807) is 0 Å². The maximum atomic E-state index is 3.70. The minimum Gasteiger partial charge on any atom is -0.343 e. The molecule has 0 saturated heterocycles. The number of hydrogen-bond acceptors (Lipinski definition) is 0. The van der Waals surface area contributed by atoms with E-state index < -0.39 is 0 Å². The first-order valence-electron chi connectivity index (χ1n) is 2.27. The summed E-state index contributed by atoms with van der Waals surface area (Å²) in [5, 5.41) is 1.13. The molecule has 0 spiro atoms. The first kappa shape index (κ1) is 11.3. The van der Waals surface area contributed by atoms with Crippen LogP contribution in [0.2, 0.25) is 0 Å². The monoisotopic (exact) mass is 172 g/mol. The third-order valence-electron chi connectivity index (χ3n) is 0.634. The number of halogens is 1. The predicted octanol–water partition coefficient (Wildman–Crippen LogP) is -0.610. The largest absolute Gasteiger partial charge is 1.00 e. The summed E-state index contributed by atoms with van der Waals surface area (Å²) < 4.78 is 0. The Morgan fingerprint density at radius 2 is 1.86 bits per heavy atom. The third-order valence-corrected chi connectivity index (χ3v) is 1.19. The number of unbranched alkanes of at least 4 members (excludes halogenated alkanes) is 2. The van der Waals surface area contributed by atoms with Crippen LogP contribution in [0.4, 0.5) is 0 Å². The van der Waals surface area contributed by atoms with Crippen molar-refractivity contribution >= 4 is 15.9 Å². The first-order chi connectivity index (χ1) is 2.91. The van der Waals surface area contributed by atoms with Gasteiger partial charge in [0, 0.05) is 5.33 Å². The van der Waals surface area contributed by atoms with Crippen LogP contribution in [0.25, 0.3) is 0 Å². The molecule has 2 heteroatoms. The van der Waals surface area contributed by atoms with E-state index in [0.29, 0.717) is 0 Å². The fraction of sp³-hybridized carbons (Fsp3) is 0.800. The minimum atomic E-state index is 0. The van der Waals surface area contributed by atoms with Crippen molar-refractivity contribution in [1.29, 1.82) is 0 Å². The van der Waals surface area contributed by atoms with Gasteiger partial charge in [-0.3, -0.25) is 0 Å². The quantitative estimate of drug-likeness (QED) is 0.231. The molecular weight excluding hydrogens is 163 g/mol. The van der Waals surface area contributed by atoms with Crippen molar-refractivity contribution in [3.8, 4) is 0 Å². The number of alkyl halides is 1. The molecule has 0 N–H and O–H groups in total. The van der Waals surface area contributed by atoms with Gasteiger partial charge in [0.1, 0.15) is 0 Å². The van der Waals surface area contributed by atoms with Crippen LogP contribution in [0.1, 0.15) is 19.3 Å². The van der Waals surface area contributed by atoms with E-state index >= 15 is 0 Å². The SMILES string of the molecule is [CH2-]CCCCBr.[Na+]. The molecule has 0 nitrogen and oxygen atoms in total. The summed E-state index contributed by atoms with van der Waals surface area (Å²) in [6.45, 7) is 3.70. The van der Waals surface area contributed by atoms with Gasteiger partial charge in [0.15, 0.2) is 0 Å². The Bertz CT molecular complexity index is 20.0. The summed E-state index contributed by atoms with van der Waals surface area (Å²) >= 11 is 3.32. The maximum Gasteiger partial charge on any atom is 1.00 e. The summed E-state index contributed by atoms with van der Waals surface area (Å²) in [5.74, 6) is 0. The summed E-state index contributed by atoms with van der Waals surface area (Å²) in [6.07, 6.45) is 3.60. The van der Waals surface area contributed by atoms with E-state index in [-0.39, 0.29) is 29.6 Å². The Morgan fingerprint density at radius 1 is 1.29 bits per heavy atom. The van der Waals surface area contributed by atoms with Gasteiger partial charge in [0.25, 0.3) is 0 Å². The molecule has 0 heterocycles. The van der Waals surface area contributed by atoms with Gasteiger partial charge in [0.2, 0.25) is 0 Å². The van der Waals surface area contributed by atoms with E-state index in [9.17, 15) is 0 Å². The van der Waals surface area contributed by atoms with E-state index in [4.69, 9.17) is 0 Å². The minimum absolute atomic E-state index is 0. The van der Waals surface area contributed by atoms with Crippen LogP contribution in [0.3, 0.4) is 0 Å². The van der Waals surface area contributed by atoms with Gasteiger partial charge in [-0.15, -0.1) is 0 Å². The Kier molecular flexibility index (Phi) is 16.9. The number of rotatable bonds is 3. The van der Waals surface area contributed by atoms with Crippen LogP contribution < -0.4 is 29.6 Å². The topological polar surface area (TPSA) is 0 Å². The van der Waals surface area contributed by atoms with Crippen LogP contribution in [0.5, 0.6) is 0 Å². The zero-order valence-electron chi connectivity index (χ0n) is 4.91. The molecule has 0 atom stereocenters. The molecule has 0 aliphatic heterocycles. The van der Waals surface area contributed by atoms with Gasteiger partial charge >= 0.3 is 29.6 Å². The summed E-state index contributed by atoms with van der Waals surface area (Å²) in [6, 6.07) is 0. The molecule has 0 radical (unpaired) electrons. The van der Waals surface area contributed by atoms with Crippen molar-refractivity contribution < 1.29 is 29.6 Å². The zero-order valence-corrected chi connectivity index (χ0v) is 8.50. The average molecular weight is 173 g/mol. The smallest absolute Gasteiger partial charge is 0.343 e. The van der Waals surface area contributed by atoms with Gasteiger partial charge in [0.05, 0.1) is 0 Å². The van der Waals surface area contributed by atoms with E-state index in [1.165, 1.54) is 12.8 Å². The normalized spacial score (nSPS) is 7.71. The average Bonchev–Trinajstić information content (AvgIpc) is 1.61. The Labute approximate surface area is 76.5 Å². The van der Waals surface area contributed by atoms with E-state index in [2.05, 4.69) is 22.9 Å². The second-order valence-electron chi connectivity index (χ2n) is 1.25. The standard InChI is InChI=1S/C5H10Br.Na/c1-2-3-4-5-6;/h1-5H2;/q-1;+1. The van der Waals surface area contributed by atoms with E-state index in [0.717, 1.165) is 11.8 Å². The van der Waals surface area contributed by atoms with Gasteiger partial charge in [-0.2, -0.15) is 6.42 Å². The molecule has 38 valence electrons. The van der Waals surface area contributed by atoms with Crippen molar-refractivity contribution in [1.82, 2.24) is 0 Å². The Morgan fingerprint density at radius 3 is 2.00 bits per heavy atom. The first-order valence-corrected chi connectivity index (χ1v) is 3.39. The zero-order chi connectivity index (χ0) is 4.83. The molecule has 0 amide bonds. The van der Waals surface area contributed by atoms with Gasteiger partial charge in [-0.1, -0.05) is 22.4 Å². The van der Waals surface area contributed by atoms with Gasteiger partial charge in [-0.25, -0.2) is 0 Å². The molecule has 0 saturated carbocycles. The second-order valence-corrected chi connectivity index (χ2v) is 2.04. The van der Waals surface area contributed by atoms with Crippen LogP contribution in [0, 0.1) is 6.92 Å². The molecule has 0 unspecified atom stereocenters. The number of hydrogen-bond donors (Lipinski definition) is 0. The van der Waals surface area contributed by atoms with Crippen molar-refractivity contribution in [2.45, 2.75) is 19.3 Å². The second kappa shape index (κ2) is 10.5. The Balaban J connectivity index is 0. The van der Waals surface area contributed by atoms with Crippen molar-refractivity contribution in [2.24, 2.45) is 0 Å². The van der Waals surface area contributed by atoms with Crippen molar-refractivity contribution in [3.05, 3.63) is 6.92 Å². The van der Waals surface area contributed by atoms with Crippen molar-refractivity contribution in [2.75, 3.05) is 5.33 Å². The maximum absolute atomic E-state index is 3.70. The summed E-state index contributed by atoms with van der Waals surface area (Å²) in [4.78, 5) is 0. The fourth-order valence-electron chi connectivity index (χ4n) is 0.271. The molecule has 0 aliphatic carbocycles. The van der Waals surface area contributed by atoms with Crippen LogP contribution in [-0.4, -0.2) is 5.33 Å². The van der Waals surface area contributed by atoms with E-state index in [1.807, 2.05) is 0 Å². The molecule has 0 fully saturated rings. The van der Waals surface area contributed by atoms with Crippen molar-refractivity contribution in [3.63, 3.8) is 0 Å². The van der Waals surface area contributed by atoms with Crippen LogP contribution >= 0.6 is 15.9 Å². The molecule has 0 aromatic carbocycles. The summed E-state index contributed by atoms with van der Waals surface area (Å²) in [5.41, 5.74) is 0. The third kappa shape index (κ3) is 11.2.